The highest BCUT2D eigenvalue weighted by Gasteiger charge is 2.23. The molecule has 23 heavy (non-hydrogen) atoms. The second-order valence-corrected chi connectivity index (χ2v) is 6.08. The summed E-state index contributed by atoms with van der Waals surface area (Å²) in [5.41, 5.74) is 2.02. The number of hydrogen-bond acceptors (Lipinski definition) is 4. The van der Waals surface area contributed by atoms with Crippen LogP contribution in [0.5, 0.6) is 0 Å². The maximum absolute atomic E-state index is 11.2. The monoisotopic (exact) mass is 331 g/mol. The number of benzene rings is 2. The van der Waals surface area contributed by atoms with Crippen LogP contribution in [0.1, 0.15) is 5.56 Å². The number of hydrogen-bond donors (Lipinski definition) is 0. The Morgan fingerprint density at radius 1 is 1.04 bits per heavy atom. The molecule has 0 amide bonds. The number of rotatable bonds is 4. The van der Waals surface area contributed by atoms with E-state index in [-0.39, 0.29) is 10.6 Å². The van der Waals surface area contributed by atoms with Crippen LogP contribution in [0, 0.1) is 10.1 Å². The standard InChI is InChI=1S/C17H18ClN3O2/c18-15-6-7-16(17(12-15)21(22)23)20-10-8-19(9-11-20)13-14-4-2-1-3-5-14/h1-7,12H,8-11,13H2. The van der Waals surface area contributed by atoms with Gasteiger partial charge in [-0.15, -0.1) is 0 Å². The molecule has 1 heterocycles. The van der Waals surface area contributed by atoms with Gasteiger partial charge in [0.05, 0.1) is 4.92 Å². The van der Waals surface area contributed by atoms with Crippen molar-refractivity contribution in [2.24, 2.45) is 0 Å². The van der Waals surface area contributed by atoms with Gasteiger partial charge in [0.15, 0.2) is 0 Å². The SMILES string of the molecule is O=[N+]([O-])c1cc(Cl)ccc1N1CCN(Cc2ccccc2)CC1. The molecule has 5 nitrogen and oxygen atoms in total. The van der Waals surface area contributed by atoms with Crippen molar-refractivity contribution in [3.8, 4) is 0 Å². The van der Waals surface area contributed by atoms with Crippen molar-refractivity contribution in [2.75, 3.05) is 31.1 Å². The summed E-state index contributed by atoms with van der Waals surface area (Å²) in [7, 11) is 0. The van der Waals surface area contributed by atoms with Crippen molar-refractivity contribution >= 4 is 23.0 Å². The van der Waals surface area contributed by atoms with Gasteiger partial charge in [0.25, 0.3) is 5.69 Å². The van der Waals surface area contributed by atoms with Gasteiger partial charge >= 0.3 is 0 Å². The lowest BCUT2D eigenvalue weighted by atomic mass is 10.2. The fraction of sp³-hybridized carbons (Fsp3) is 0.294. The van der Waals surface area contributed by atoms with Gasteiger partial charge in [0, 0.05) is 43.8 Å². The average Bonchev–Trinajstić information content (AvgIpc) is 2.56. The van der Waals surface area contributed by atoms with Gasteiger partial charge in [-0.2, -0.15) is 0 Å². The van der Waals surface area contributed by atoms with E-state index in [0.29, 0.717) is 10.7 Å². The number of nitro groups is 1. The van der Waals surface area contributed by atoms with Crippen LogP contribution in [0.15, 0.2) is 48.5 Å². The third kappa shape index (κ3) is 3.81. The van der Waals surface area contributed by atoms with Crippen molar-refractivity contribution in [1.29, 1.82) is 0 Å². The summed E-state index contributed by atoms with van der Waals surface area (Å²) < 4.78 is 0. The highest BCUT2D eigenvalue weighted by Crippen LogP contribution is 2.31. The summed E-state index contributed by atoms with van der Waals surface area (Å²) in [5.74, 6) is 0. The Morgan fingerprint density at radius 3 is 2.39 bits per heavy atom. The predicted molar refractivity (Wildman–Crippen MR) is 92.0 cm³/mol. The second-order valence-electron chi connectivity index (χ2n) is 5.64. The summed E-state index contributed by atoms with van der Waals surface area (Å²) >= 11 is 5.88. The van der Waals surface area contributed by atoms with E-state index >= 15 is 0 Å². The Morgan fingerprint density at radius 2 is 1.74 bits per heavy atom. The molecule has 1 aliphatic rings. The molecule has 0 spiro atoms. The van der Waals surface area contributed by atoms with Crippen LogP contribution in [0.25, 0.3) is 0 Å². The first-order valence-corrected chi connectivity index (χ1v) is 7.96. The lowest BCUT2D eigenvalue weighted by Crippen LogP contribution is -2.46. The van der Waals surface area contributed by atoms with Crippen LogP contribution < -0.4 is 4.90 Å². The smallest absolute Gasteiger partial charge is 0.294 e. The molecule has 6 heteroatoms. The Bertz CT molecular complexity index is 685. The number of halogens is 1. The number of anilines is 1. The summed E-state index contributed by atoms with van der Waals surface area (Å²) in [6.07, 6.45) is 0. The first-order valence-electron chi connectivity index (χ1n) is 7.58. The largest absolute Gasteiger partial charge is 0.363 e. The number of nitro benzene ring substituents is 1. The van der Waals surface area contributed by atoms with Crippen molar-refractivity contribution in [3.63, 3.8) is 0 Å². The van der Waals surface area contributed by atoms with Crippen molar-refractivity contribution in [2.45, 2.75) is 6.54 Å². The van der Waals surface area contributed by atoms with E-state index in [1.165, 1.54) is 11.6 Å². The Kier molecular flexibility index (Phi) is 4.79. The fourth-order valence-electron chi connectivity index (χ4n) is 2.90. The third-order valence-electron chi connectivity index (χ3n) is 4.10. The zero-order valence-corrected chi connectivity index (χ0v) is 13.4. The van der Waals surface area contributed by atoms with E-state index in [1.54, 1.807) is 12.1 Å². The highest BCUT2D eigenvalue weighted by molar-refractivity contribution is 6.30. The molecule has 0 aromatic heterocycles. The molecule has 0 aliphatic carbocycles. The lowest BCUT2D eigenvalue weighted by Gasteiger charge is -2.35. The summed E-state index contributed by atoms with van der Waals surface area (Å²) in [5, 5.41) is 11.6. The minimum absolute atomic E-state index is 0.0778. The molecular weight excluding hydrogens is 314 g/mol. The van der Waals surface area contributed by atoms with Crippen LogP contribution >= 0.6 is 11.6 Å². The molecule has 0 bridgehead atoms. The molecule has 0 unspecified atom stereocenters. The fourth-order valence-corrected chi connectivity index (χ4v) is 3.07. The molecular formula is C17H18ClN3O2. The van der Waals surface area contributed by atoms with E-state index < -0.39 is 0 Å². The molecule has 1 aliphatic heterocycles. The van der Waals surface area contributed by atoms with Crippen LogP contribution in [-0.2, 0) is 6.54 Å². The Balaban J connectivity index is 1.66. The highest BCUT2D eigenvalue weighted by atomic mass is 35.5. The van der Waals surface area contributed by atoms with Gasteiger partial charge in [-0.3, -0.25) is 15.0 Å². The number of nitrogens with zero attached hydrogens (tertiary/aromatic N) is 3. The molecule has 3 rings (SSSR count). The molecule has 2 aromatic rings. The minimum atomic E-state index is -0.364. The third-order valence-corrected chi connectivity index (χ3v) is 4.33. The average molecular weight is 332 g/mol. The maximum atomic E-state index is 11.2. The van der Waals surface area contributed by atoms with Gasteiger partial charge in [-0.1, -0.05) is 41.9 Å². The van der Waals surface area contributed by atoms with E-state index in [9.17, 15) is 10.1 Å². The minimum Gasteiger partial charge on any atom is -0.363 e. The predicted octanol–water partition coefficient (Wildman–Crippen LogP) is 3.57. The summed E-state index contributed by atoms with van der Waals surface area (Å²) in [6, 6.07) is 15.2. The van der Waals surface area contributed by atoms with E-state index in [0.717, 1.165) is 32.7 Å². The molecule has 0 atom stereocenters. The van der Waals surface area contributed by atoms with Crippen molar-refractivity contribution < 1.29 is 4.92 Å². The summed E-state index contributed by atoms with van der Waals surface area (Å²) in [4.78, 5) is 15.3. The quantitative estimate of drug-likeness (QED) is 0.635. The zero-order chi connectivity index (χ0) is 16.2. The van der Waals surface area contributed by atoms with Gasteiger partial charge in [0.2, 0.25) is 0 Å². The van der Waals surface area contributed by atoms with E-state index in [2.05, 4.69) is 21.9 Å². The second kappa shape index (κ2) is 6.98. The van der Waals surface area contributed by atoms with Crippen LogP contribution in [0.4, 0.5) is 11.4 Å². The van der Waals surface area contributed by atoms with Crippen molar-refractivity contribution in [3.05, 3.63) is 69.2 Å². The van der Waals surface area contributed by atoms with Gasteiger partial charge < -0.3 is 4.90 Å². The molecule has 2 aromatic carbocycles. The van der Waals surface area contributed by atoms with Gasteiger partial charge in [-0.25, -0.2) is 0 Å². The summed E-state index contributed by atoms with van der Waals surface area (Å²) in [6.45, 7) is 4.23. The molecule has 1 fully saturated rings. The van der Waals surface area contributed by atoms with E-state index in [1.807, 2.05) is 18.2 Å². The molecule has 0 N–H and O–H groups in total. The van der Waals surface area contributed by atoms with Crippen LogP contribution in [-0.4, -0.2) is 36.0 Å². The van der Waals surface area contributed by atoms with Crippen LogP contribution in [0.2, 0.25) is 5.02 Å². The first-order chi connectivity index (χ1) is 11.1. The van der Waals surface area contributed by atoms with Crippen molar-refractivity contribution in [1.82, 2.24) is 4.90 Å². The first kappa shape index (κ1) is 15.8. The maximum Gasteiger partial charge on any atom is 0.294 e. The van der Waals surface area contributed by atoms with Gasteiger partial charge in [0.1, 0.15) is 5.69 Å². The Labute approximate surface area is 140 Å². The molecule has 120 valence electrons. The molecule has 1 saturated heterocycles. The lowest BCUT2D eigenvalue weighted by molar-refractivity contribution is -0.384. The topological polar surface area (TPSA) is 49.6 Å². The zero-order valence-electron chi connectivity index (χ0n) is 12.7. The molecule has 0 saturated carbocycles. The Hall–Kier alpha value is -2.11. The van der Waals surface area contributed by atoms with E-state index in [4.69, 9.17) is 11.6 Å². The van der Waals surface area contributed by atoms with Crippen LogP contribution in [0.3, 0.4) is 0 Å². The number of piperazine rings is 1. The van der Waals surface area contributed by atoms with Gasteiger partial charge in [-0.05, 0) is 17.7 Å². The molecule has 0 radical (unpaired) electrons. The normalized spacial score (nSPS) is 15.6.